The van der Waals surface area contributed by atoms with Crippen LogP contribution in [0.2, 0.25) is 0 Å². The van der Waals surface area contributed by atoms with Crippen LogP contribution in [0, 0.1) is 0 Å². The fourth-order valence-corrected chi connectivity index (χ4v) is 1.33. The van der Waals surface area contributed by atoms with Gasteiger partial charge in [-0.2, -0.15) is 13.2 Å². The molecule has 1 rings (SSSR count). The summed E-state index contributed by atoms with van der Waals surface area (Å²) in [7, 11) is 0. The number of rotatable bonds is 1. The lowest BCUT2D eigenvalue weighted by Gasteiger charge is -2.34. The van der Waals surface area contributed by atoms with Crippen LogP contribution in [0.5, 0.6) is 0 Å². The Labute approximate surface area is 64.5 Å². The number of halogens is 4. The summed E-state index contributed by atoms with van der Waals surface area (Å²) in [6.45, 7) is 0. The highest BCUT2D eigenvalue weighted by molar-refractivity contribution is 8.00. The first-order chi connectivity index (χ1) is 4.49. The Morgan fingerprint density at radius 2 is 1.90 bits per heavy atom. The van der Waals surface area contributed by atoms with Gasteiger partial charge in [0, 0.05) is 0 Å². The van der Waals surface area contributed by atoms with E-state index in [2.05, 4.69) is 10.9 Å². The average Bonchev–Trinajstić information content (AvgIpc) is 1.78. The molecular weight excluding hydrogens is 189 g/mol. The molecule has 2 N–H and O–H groups in total. The number of hydrogen-bond donors (Lipinski definition) is 2. The van der Waals surface area contributed by atoms with E-state index in [4.69, 9.17) is 11.6 Å². The summed E-state index contributed by atoms with van der Waals surface area (Å²) >= 11 is 5.17. The van der Waals surface area contributed by atoms with Gasteiger partial charge in [-0.3, -0.25) is 0 Å². The average molecular weight is 193 g/mol. The molecule has 7 heteroatoms. The van der Waals surface area contributed by atoms with Crippen LogP contribution in [-0.4, -0.2) is 16.4 Å². The number of alkyl halides is 4. The van der Waals surface area contributed by atoms with Crippen LogP contribution >= 0.6 is 23.4 Å². The van der Waals surface area contributed by atoms with Crippen LogP contribution in [0.15, 0.2) is 0 Å². The second kappa shape index (κ2) is 2.77. The zero-order valence-corrected chi connectivity index (χ0v) is 6.15. The van der Waals surface area contributed by atoms with Crippen molar-refractivity contribution in [2.75, 3.05) is 0 Å². The lowest BCUT2D eigenvalue weighted by atomic mass is 10.6. The molecule has 0 aromatic carbocycles. The molecule has 0 aliphatic carbocycles. The van der Waals surface area contributed by atoms with Crippen molar-refractivity contribution >= 4 is 23.4 Å². The molecule has 2 nitrogen and oxygen atoms in total. The first kappa shape index (κ1) is 8.45. The molecule has 2 atom stereocenters. The lowest BCUT2D eigenvalue weighted by Crippen LogP contribution is -2.63. The van der Waals surface area contributed by atoms with Gasteiger partial charge in [-0.25, -0.2) is 10.9 Å². The lowest BCUT2D eigenvalue weighted by molar-refractivity contribution is -0.0344. The Balaban J connectivity index is 2.26. The third-order valence-corrected chi connectivity index (χ3v) is 2.31. The molecule has 0 radical (unpaired) electrons. The van der Waals surface area contributed by atoms with Gasteiger partial charge in [0.15, 0.2) is 0 Å². The van der Waals surface area contributed by atoms with Crippen LogP contribution < -0.4 is 10.9 Å². The highest BCUT2D eigenvalue weighted by Gasteiger charge is 2.40. The van der Waals surface area contributed by atoms with Gasteiger partial charge < -0.3 is 0 Å². The molecular formula is C3H4ClF3N2S. The molecule has 0 aromatic rings. The van der Waals surface area contributed by atoms with Crippen molar-refractivity contribution in [2.45, 2.75) is 16.4 Å². The van der Waals surface area contributed by atoms with E-state index >= 15 is 0 Å². The third-order valence-electron chi connectivity index (χ3n) is 0.890. The van der Waals surface area contributed by atoms with E-state index in [0.717, 1.165) is 0 Å². The molecule has 0 amide bonds. The Kier molecular flexibility index (Phi) is 2.34. The highest BCUT2D eigenvalue weighted by atomic mass is 35.5. The minimum atomic E-state index is -4.22. The topological polar surface area (TPSA) is 24.1 Å². The highest BCUT2D eigenvalue weighted by Crippen LogP contribution is 2.36. The Morgan fingerprint density at radius 1 is 1.30 bits per heavy atom. The van der Waals surface area contributed by atoms with Crippen LogP contribution in [0.4, 0.5) is 13.2 Å². The molecule has 10 heavy (non-hydrogen) atoms. The van der Waals surface area contributed by atoms with E-state index in [0.29, 0.717) is 0 Å². The Morgan fingerprint density at radius 3 is 2.00 bits per heavy atom. The predicted octanol–water partition coefficient (Wildman–Crippen LogP) is 1.24. The predicted molar refractivity (Wildman–Crippen MR) is 33.3 cm³/mol. The number of hydrogen-bond acceptors (Lipinski definition) is 3. The van der Waals surface area contributed by atoms with E-state index < -0.39 is 16.4 Å². The van der Waals surface area contributed by atoms with Gasteiger partial charge in [0.1, 0.15) is 10.9 Å². The molecule has 1 heterocycles. The zero-order chi connectivity index (χ0) is 7.78. The van der Waals surface area contributed by atoms with Crippen LogP contribution in [-0.2, 0) is 0 Å². The second-order valence-electron chi connectivity index (χ2n) is 1.67. The summed E-state index contributed by atoms with van der Waals surface area (Å²) in [6.07, 6.45) is 0. The van der Waals surface area contributed by atoms with Crippen molar-refractivity contribution in [1.82, 2.24) is 10.9 Å². The summed E-state index contributed by atoms with van der Waals surface area (Å²) in [6, 6.07) is 0. The maximum Gasteiger partial charge on any atom is 0.443 e. The zero-order valence-electron chi connectivity index (χ0n) is 4.57. The molecule has 1 aliphatic heterocycles. The molecule has 0 saturated carbocycles. The SMILES string of the molecule is FC(F)(F)SC1NN[C@H]1Cl. The second-order valence-corrected chi connectivity index (χ2v) is 3.35. The fraction of sp³-hybridized carbons (Fsp3) is 1.00. The van der Waals surface area contributed by atoms with Gasteiger partial charge in [-0.1, -0.05) is 0 Å². The van der Waals surface area contributed by atoms with Gasteiger partial charge in [-0.05, 0) is 11.8 Å². The maximum absolute atomic E-state index is 11.5. The van der Waals surface area contributed by atoms with Gasteiger partial charge >= 0.3 is 5.51 Å². The van der Waals surface area contributed by atoms with Gasteiger partial charge in [0.2, 0.25) is 0 Å². The van der Waals surface area contributed by atoms with Crippen molar-refractivity contribution in [1.29, 1.82) is 0 Å². The van der Waals surface area contributed by atoms with E-state index in [1.165, 1.54) is 0 Å². The van der Waals surface area contributed by atoms with Gasteiger partial charge in [0.05, 0.1) is 0 Å². The smallest absolute Gasteiger partial charge is 0.240 e. The van der Waals surface area contributed by atoms with Crippen molar-refractivity contribution in [2.24, 2.45) is 0 Å². The monoisotopic (exact) mass is 192 g/mol. The minimum Gasteiger partial charge on any atom is -0.240 e. The fourth-order valence-electron chi connectivity index (χ4n) is 0.448. The quantitative estimate of drug-likeness (QED) is 0.483. The largest absolute Gasteiger partial charge is 0.443 e. The summed E-state index contributed by atoms with van der Waals surface area (Å²) in [4.78, 5) is 0. The molecule has 1 unspecified atom stereocenters. The van der Waals surface area contributed by atoms with Gasteiger partial charge in [0.25, 0.3) is 0 Å². The Hall–Kier alpha value is 0.350. The van der Waals surface area contributed by atoms with Gasteiger partial charge in [-0.15, -0.1) is 11.6 Å². The van der Waals surface area contributed by atoms with Crippen molar-refractivity contribution < 1.29 is 13.2 Å². The van der Waals surface area contributed by atoms with Crippen molar-refractivity contribution in [3.05, 3.63) is 0 Å². The van der Waals surface area contributed by atoms with Crippen LogP contribution in [0.25, 0.3) is 0 Å². The number of nitrogens with one attached hydrogen (secondary N) is 2. The van der Waals surface area contributed by atoms with E-state index in [9.17, 15) is 13.2 Å². The minimum absolute atomic E-state index is 0.154. The summed E-state index contributed by atoms with van der Waals surface area (Å²) < 4.78 is 34.6. The third kappa shape index (κ3) is 2.19. The molecule has 0 spiro atoms. The standard InChI is InChI=1S/C3H4ClF3N2S/c4-1-2(9-8-1)10-3(5,6)7/h1-2,8-9H/t1-,2?/m1/s1. The first-order valence-electron chi connectivity index (χ1n) is 2.39. The van der Waals surface area contributed by atoms with E-state index in [1.54, 1.807) is 0 Å². The normalized spacial score (nSPS) is 33.6. The summed E-state index contributed by atoms with van der Waals surface area (Å²) in [5, 5.41) is -0.762. The number of thioether (sulfide) groups is 1. The van der Waals surface area contributed by atoms with E-state index in [1.807, 2.05) is 0 Å². The Bertz CT molecular complexity index is 129. The maximum atomic E-state index is 11.5. The molecule has 60 valence electrons. The molecule has 1 aliphatic rings. The molecule has 0 bridgehead atoms. The molecule has 1 fully saturated rings. The van der Waals surface area contributed by atoms with E-state index in [-0.39, 0.29) is 11.8 Å². The summed E-state index contributed by atoms with van der Waals surface area (Å²) in [5.41, 5.74) is -0.160. The molecule has 1 saturated heterocycles. The number of hydrazine groups is 1. The van der Waals surface area contributed by atoms with Crippen molar-refractivity contribution in [3.8, 4) is 0 Å². The van der Waals surface area contributed by atoms with Crippen LogP contribution in [0.3, 0.4) is 0 Å². The van der Waals surface area contributed by atoms with Crippen LogP contribution in [0.1, 0.15) is 0 Å². The molecule has 0 aromatic heterocycles. The van der Waals surface area contributed by atoms with Crippen molar-refractivity contribution in [3.63, 3.8) is 0 Å². The summed E-state index contributed by atoms with van der Waals surface area (Å²) in [5.74, 6) is 0. The first-order valence-corrected chi connectivity index (χ1v) is 3.70.